The zero-order chi connectivity index (χ0) is 16.4. The van der Waals surface area contributed by atoms with E-state index < -0.39 is 0 Å². The van der Waals surface area contributed by atoms with Crippen molar-refractivity contribution < 1.29 is 9.53 Å². The van der Waals surface area contributed by atoms with Crippen molar-refractivity contribution in [1.82, 2.24) is 15.2 Å². The van der Waals surface area contributed by atoms with Gasteiger partial charge >= 0.3 is 0 Å². The first-order valence-electron chi connectivity index (χ1n) is 8.60. The first kappa shape index (κ1) is 16.2. The molecular formula is C18H27N3O2. The monoisotopic (exact) mass is 317 g/mol. The highest BCUT2D eigenvalue weighted by atomic mass is 16.5. The van der Waals surface area contributed by atoms with Crippen LogP contribution in [0, 0.1) is 19.8 Å². The normalized spacial score (nSPS) is 22.0. The largest absolute Gasteiger partial charge is 0.496 e. The molecule has 0 spiro atoms. The van der Waals surface area contributed by atoms with E-state index in [1.807, 2.05) is 13.1 Å². The Hall–Kier alpha value is -1.62. The Morgan fingerprint density at radius 1 is 1.39 bits per heavy atom. The third-order valence-electron chi connectivity index (χ3n) is 4.92. The van der Waals surface area contributed by atoms with Crippen LogP contribution in [0.5, 0.6) is 5.75 Å². The van der Waals surface area contributed by atoms with E-state index in [0.717, 1.165) is 67.9 Å². The third-order valence-corrected chi connectivity index (χ3v) is 4.92. The number of hydrogen-bond donors (Lipinski definition) is 1. The molecule has 1 N–H and O–H groups in total. The second-order valence-corrected chi connectivity index (χ2v) is 6.90. The Morgan fingerprint density at radius 3 is 2.87 bits per heavy atom. The molecule has 2 fully saturated rings. The molecule has 1 aliphatic carbocycles. The molecule has 3 rings (SSSR count). The Bertz CT molecular complexity index is 584. The number of amides is 1. The molecule has 0 radical (unpaired) electrons. The van der Waals surface area contributed by atoms with E-state index in [2.05, 4.69) is 22.1 Å². The van der Waals surface area contributed by atoms with Gasteiger partial charge in [0, 0.05) is 42.4 Å². The lowest BCUT2D eigenvalue weighted by Gasteiger charge is -2.33. The lowest BCUT2D eigenvalue weighted by molar-refractivity contribution is -0.123. The summed E-state index contributed by atoms with van der Waals surface area (Å²) in [6.45, 7) is 6.89. The lowest BCUT2D eigenvalue weighted by Crippen LogP contribution is -2.47. The average molecular weight is 317 g/mol. The van der Waals surface area contributed by atoms with Gasteiger partial charge < -0.3 is 10.1 Å². The molecule has 2 heterocycles. The molecule has 126 valence electrons. The molecule has 1 aromatic heterocycles. The highest BCUT2D eigenvalue weighted by Gasteiger charge is 2.32. The topological polar surface area (TPSA) is 54.5 Å². The Morgan fingerprint density at radius 2 is 2.17 bits per heavy atom. The summed E-state index contributed by atoms with van der Waals surface area (Å²) >= 11 is 0. The minimum absolute atomic E-state index is 0.253. The molecule has 0 bridgehead atoms. The zero-order valence-corrected chi connectivity index (χ0v) is 14.4. The van der Waals surface area contributed by atoms with Gasteiger partial charge in [-0.2, -0.15) is 0 Å². The molecule has 5 heteroatoms. The van der Waals surface area contributed by atoms with Crippen molar-refractivity contribution in [2.24, 2.45) is 5.92 Å². The fourth-order valence-electron chi connectivity index (χ4n) is 3.42. The SMILES string of the molecule is COc1c(C)cnc(CN2CCCC(NC(=O)C3CC3)C2)c1C. The first-order chi connectivity index (χ1) is 11.1. The average Bonchev–Trinajstić information content (AvgIpc) is 3.36. The van der Waals surface area contributed by atoms with Crippen LogP contribution in [0.25, 0.3) is 0 Å². The summed E-state index contributed by atoms with van der Waals surface area (Å²) < 4.78 is 5.50. The number of rotatable bonds is 5. The van der Waals surface area contributed by atoms with Gasteiger partial charge in [-0.05, 0) is 46.1 Å². The van der Waals surface area contributed by atoms with Crippen molar-refractivity contribution in [3.63, 3.8) is 0 Å². The summed E-state index contributed by atoms with van der Waals surface area (Å²) in [5, 5.41) is 3.22. The highest BCUT2D eigenvalue weighted by molar-refractivity contribution is 5.81. The number of aromatic nitrogens is 1. The van der Waals surface area contributed by atoms with Crippen molar-refractivity contribution in [2.45, 2.75) is 52.1 Å². The van der Waals surface area contributed by atoms with E-state index in [0.29, 0.717) is 0 Å². The molecule has 1 amide bonds. The molecule has 23 heavy (non-hydrogen) atoms. The van der Waals surface area contributed by atoms with Crippen LogP contribution in [0.15, 0.2) is 6.20 Å². The zero-order valence-electron chi connectivity index (χ0n) is 14.4. The molecule has 1 unspecified atom stereocenters. The number of aryl methyl sites for hydroxylation is 1. The number of hydrogen-bond acceptors (Lipinski definition) is 4. The molecule has 1 atom stereocenters. The standard InChI is InChI=1S/C18H27N3O2/c1-12-9-19-16(13(2)17(12)23-3)11-21-8-4-5-15(10-21)20-18(22)14-6-7-14/h9,14-15H,4-8,10-11H2,1-3H3,(H,20,22). The van der Waals surface area contributed by atoms with Gasteiger partial charge in [-0.25, -0.2) is 0 Å². The van der Waals surface area contributed by atoms with Crippen molar-refractivity contribution in [3.05, 3.63) is 23.0 Å². The van der Waals surface area contributed by atoms with Gasteiger partial charge in [0.1, 0.15) is 5.75 Å². The molecular weight excluding hydrogens is 290 g/mol. The van der Waals surface area contributed by atoms with Crippen LogP contribution >= 0.6 is 0 Å². The maximum Gasteiger partial charge on any atom is 0.223 e. The highest BCUT2D eigenvalue weighted by Crippen LogP contribution is 2.29. The minimum atomic E-state index is 0.253. The van der Waals surface area contributed by atoms with Crippen LogP contribution in [0.2, 0.25) is 0 Å². The van der Waals surface area contributed by atoms with Crippen LogP contribution < -0.4 is 10.1 Å². The van der Waals surface area contributed by atoms with Crippen LogP contribution in [0.3, 0.4) is 0 Å². The van der Waals surface area contributed by atoms with Crippen LogP contribution in [0.4, 0.5) is 0 Å². The van der Waals surface area contributed by atoms with Crippen molar-refractivity contribution in [2.75, 3.05) is 20.2 Å². The summed E-state index contributed by atoms with van der Waals surface area (Å²) in [6, 6.07) is 0.282. The van der Waals surface area contributed by atoms with Crippen molar-refractivity contribution in [3.8, 4) is 5.75 Å². The number of carbonyl (C=O) groups excluding carboxylic acids is 1. The number of carbonyl (C=O) groups is 1. The van der Waals surface area contributed by atoms with Crippen LogP contribution in [0.1, 0.15) is 42.5 Å². The number of ether oxygens (including phenoxy) is 1. The molecule has 1 aliphatic heterocycles. The summed E-state index contributed by atoms with van der Waals surface area (Å²) in [4.78, 5) is 18.9. The lowest BCUT2D eigenvalue weighted by atomic mass is 10.0. The number of nitrogens with one attached hydrogen (secondary N) is 1. The fourth-order valence-corrected chi connectivity index (χ4v) is 3.42. The second kappa shape index (κ2) is 6.87. The number of methoxy groups -OCH3 is 1. The minimum Gasteiger partial charge on any atom is -0.496 e. The van der Waals surface area contributed by atoms with E-state index >= 15 is 0 Å². The van der Waals surface area contributed by atoms with Crippen molar-refractivity contribution >= 4 is 5.91 Å². The second-order valence-electron chi connectivity index (χ2n) is 6.90. The van der Waals surface area contributed by atoms with Gasteiger partial charge in [0.05, 0.1) is 12.8 Å². The summed E-state index contributed by atoms with van der Waals surface area (Å²) in [6.07, 6.45) is 6.22. The van der Waals surface area contributed by atoms with Gasteiger partial charge in [0.15, 0.2) is 0 Å². The van der Waals surface area contributed by atoms with Gasteiger partial charge in [-0.15, -0.1) is 0 Å². The van der Waals surface area contributed by atoms with Crippen LogP contribution in [-0.4, -0.2) is 42.0 Å². The van der Waals surface area contributed by atoms with Gasteiger partial charge in [0.25, 0.3) is 0 Å². The Labute approximate surface area is 138 Å². The Balaban J connectivity index is 1.62. The summed E-state index contributed by atoms with van der Waals surface area (Å²) in [5.41, 5.74) is 3.26. The molecule has 5 nitrogen and oxygen atoms in total. The van der Waals surface area contributed by atoms with Gasteiger partial charge in [-0.1, -0.05) is 0 Å². The maximum atomic E-state index is 12.0. The van der Waals surface area contributed by atoms with Crippen LogP contribution in [-0.2, 0) is 11.3 Å². The Kier molecular flexibility index (Phi) is 4.85. The smallest absolute Gasteiger partial charge is 0.223 e. The number of nitrogens with zero attached hydrogens (tertiary/aromatic N) is 2. The summed E-state index contributed by atoms with van der Waals surface area (Å²) in [7, 11) is 1.71. The molecule has 1 aromatic rings. The first-order valence-corrected chi connectivity index (χ1v) is 8.60. The van der Waals surface area contributed by atoms with E-state index in [-0.39, 0.29) is 17.9 Å². The van der Waals surface area contributed by atoms with Gasteiger partial charge in [-0.3, -0.25) is 14.7 Å². The fraction of sp³-hybridized carbons (Fsp3) is 0.667. The number of likely N-dealkylation sites (tertiary alicyclic amines) is 1. The predicted octanol–water partition coefficient (Wildman–Crippen LogP) is 2.20. The van der Waals surface area contributed by atoms with E-state index in [4.69, 9.17) is 4.74 Å². The molecule has 1 saturated carbocycles. The quantitative estimate of drug-likeness (QED) is 0.904. The van der Waals surface area contributed by atoms with E-state index in [1.54, 1.807) is 7.11 Å². The molecule has 0 aromatic carbocycles. The maximum absolute atomic E-state index is 12.0. The summed E-state index contributed by atoms with van der Waals surface area (Å²) in [5.74, 6) is 1.48. The van der Waals surface area contributed by atoms with E-state index in [9.17, 15) is 4.79 Å². The van der Waals surface area contributed by atoms with Gasteiger partial charge in [0.2, 0.25) is 5.91 Å². The molecule has 2 aliphatic rings. The number of piperidine rings is 1. The van der Waals surface area contributed by atoms with E-state index in [1.165, 1.54) is 0 Å². The predicted molar refractivity (Wildman–Crippen MR) is 89.4 cm³/mol. The number of pyridine rings is 1. The third kappa shape index (κ3) is 3.83. The molecule has 1 saturated heterocycles. The van der Waals surface area contributed by atoms with Crippen molar-refractivity contribution in [1.29, 1.82) is 0 Å².